The number of pyridine rings is 1. The number of hydrogen-bond donors (Lipinski definition) is 2. The number of carbonyl (C=O) groups is 3. The maximum absolute atomic E-state index is 14.1. The van der Waals surface area contributed by atoms with Crippen molar-refractivity contribution in [2.75, 3.05) is 64.2 Å². The van der Waals surface area contributed by atoms with Crippen LogP contribution in [0.1, 0.15) is 42.4 Å². The summed E-state index contributed by atoms with van der Waals surface area (Å²) >= 11 is 0. The highest BCUT2D eigenvalue weighted by Gasteiger charge is 2.36. The Morgan fingerprint density at radius 3 is 2.51 bits per heavy atom. The number of imidazole rings is 1. The number of rotatable bonds is 6. The van der Waals surface area contributed by atoms with Crippen molar-refractivity contribution in [3.05, 3.63) is 65.6 Å². The molecule has 4 aliphatic rings. The molecule has 6 heterocycles. The van der Waals surface area contributed by atoms with Gasteiger partial charge in [-0.05, 0) is 74.9 Å². The Balaban J connectivity index is 1.00. The Kier molecular flexibility index (Phi) is 9.30. The van der Waals surface area contributed by atoms with Crippen molar-refractivity contribution < 1.29 is 19.1 Å². The van der Waals surface area contributed by atoms with Crippen molar-refractivity contribution in [2.45, 2.75) is 63.6 Å². The summed E-state index contributed by atoms with van der Waals surface area (Å²) in [5, 5.41) is 6.49. The van der Waals surface area contributed by atoms with Gasteiger partial charge in [0.2, 0.25) is 0 Å². The molecule has 1 atom stereocenters. The Bertz CT molecular complexity index is 1590. The fraction of sp³-hybridized carbons (Fsp3) is 0.543. The number of para-hydroxylation sites is 1. The van der Waals surface area contributed by atoms with Crippen LogP contribution in [0.25, 0.3) is 5.65 Å². The fourth-order valence-corrected chi connectivity index (χ4v) is 7.76. The number of urea groups is 1. The number of likely N-dealkylation sites (tertiary alicyclic amines) is 1. The Hall–Kier alpha value is -4.16. The van der Waals surface area contributed by atoms with Crippen molar-refractivity contribution in [2.24, 2.45) is 0 Å². The zero-order valence-electron chi connectivity index (χ0n) is 27.3. The van der Waals surface area contributed by atoms with E-state index < -0.39 is 12.2 Å². The average Bonchev–Trinajstić information content (AvgIpc) is 3.52. The number of carbonyl (C=O) groups excluding carboxylic acids is 3. The second-order valence-corrected chi connectivity index (χ2v) is 13.4. The lowest BCUT2D eigenvalue weighted by molar-refractivity contribution is -0.143. The molecule has 4 aliphatic heterocycles. The van der Waals surface area contributed by atoms with Gasteiger partial charge in [-0.3, -0.25) is 9.69 Å². The summed E-state index contributed by atoms with van der Waals surface area (Å²) in [5.74, 6) is -0.137. The summed E-state index contributed by atoms with van der Waals surface area (Å²) in [7, 11) is 0. The first-order valence-corrected chi connectivity index (χ1v) is 17.2. The van der Waals surface area contributed by atoms with Crippen molar-refractivity contribution >= 4 is 29.4 Å². The molecule has 7 rings (SSSR count). The highest BCUT2D eigenvalue weighted by Crippen LogP contribution is 2.25. The van der Waals surface area contributed by atoms with E-state index in [0.717, 1.165) is 73.5 Å². The van der Waals surface area contributed by atoms with E-state index in [4.69, 9.17) is 4.74 Å². The molecule has 250 valence electrons. The minimum atomic E-state index is -0.930. The van der Waals surface area contributed by atoms with Crippen LogP contribution in [0.4, 0.5) is 15.3 Å². The van der Waals surface area contributed by atoms with E-state index in [0.29, 0.717) is 58.0 Å². The molecule has 0 saturated carbocycles. The van der Waals surface area contributed by atoms with Crippen LogP contribution in [-0.4, -0.2) is 124 Å². The Morgan fingerprint density at radius 1 is 0.957 bits per heavy atom. The molecule has 2 aromatic heterocycles. The van der Waals surface area contributed by atoms with Gasteiger partial charge in [0.25, 0.3) is 5.91 Å². The molecule has 3 fully saturated rings. The number of ether oxygens (including phenoxy) is 1. The average molecular weight is 643 g/mol. The summed E-state index contributed by atoms with van der Waals surface area (Å²) in [6, 6.07) is 10.5. The summed E-state index contributed by atoms with van der Waals surface area (Å²) < 4.78 is 8.06. The van der Waals surface area contributed by atoms with E-state index in [1.807, 2.05) is 57.8 Å². The summed E-state index contributed by atoms with van der Waals surface area (Å²) in [6.07, 6.45) is 8.89. The van der Waals surface area contributed by atoms with Gasteiger partial charge in [-0.25, -0.2) is 14.6 Å². The minimum absolute atomic E-state index is 0.0342. The number of piperazine rings is 1. The van der Waals surface area contributed by atoms with Gasteiger partial charge in [-0.15, -0.1) is 0 Å². The second kappa shape index (κ2) is 13.9. The van der Waals surface area contributed by atoms with Crippen molar-refractivity contribution in [3.8, 4) is 0 Å². The van der Waals surface area contributed by atoms with E-state index in [1.54, 1.807) is 11.1 Å². The van der Waals surface area contributed by atoms with Crippen LogP contribution in [-0.2, 0) is 22.4 Å². The normalized spacial score (nSPS) is 20.9. The summed E-state index contributed by atoms with van der Waals surface area (Å²) in [6.45, 7) is 8.58. The van der Waals surface area contributed by atoms with Crippen LogP contribution in [0.5, 0.6) is 0 Å². The number of anilines is 1. The van der Waals surface area contributed by atoms with Gasteiger partial charge in [0.15, 0.2) is 6.10 Å². The molecule has 4 amide bonds. The molecule has 12 nitrogen and oxygen atoms in total. The number of nitrogens with one attached hydrogen (secondary N) is 2. The number of aryl methyl sites for hydroxylation is 1. The number of amides is 4. The maximum Gasteiger partial charge on any atom is 0.410 e. The lowest BCUT2D eigenvalue weighted by Crippen LogP contribution is -2.56. The summed E-state index contributed by atoms with van der Waals surface area (Å²) in [4.78, 5) is 53.2. The first-order valence-electron chi connectivity index (χ1n) is 17.2. The highest BCUT2D eigenvalue weighted by molar-refractivity contribution is 5.91. The van der Waals surface area contributed by atoms with Crippen molar-refractivity contribution in [1.82, 2.24) is 34.3 Å². The maximum atomic E-state index is 14.1. The second-order valence-electron chi connectivity index (χ2n) is 13.4. The topological polar surface area (TPSA) is 115 Å². The van der Waals surface area contributed by atoms with Crippen molar-refractivity contribution in [3.63, 3.8) is 0 Å². The van der Waals surface area contributed by atoms with Crippen LogP contribution in [0.2, 0.25) is 0 Å². The third-order valence-electron chi connectivity index (χ3n) is 10.4. The smallest absolute Gasteiger partial charge is 0.410 e. The molecule has 2 N–H and O–H groups in total. The van der Waals surface area contributed by atoms with E-state index in [2.05, 4.69) is 26.6 Å². The van der Waals surface area contributed by atoms with Gasteiger partial charge in [-0.2, -0.15) is 0 Å². The van der Waals surface area contributed by atoms with Gasteiger partial charge < -0.3 is 34.5 Å². The van der Waals surface area contributed by atoms with E-state index in [1.165, 1.54) is 0 Å². The molecule has 3 aromatic rings. The molecular weight excluding hydrogens is 596 g/mol. The number of piperidine rings is 2. The molecule has 0 spiro atoms. The highest BCUT2D eigenvalue weighted by atomic mass is 16.6. The van der Waals surface area contributed by atoms with Crippen molar-refractivity contribution in [1.29, 1.82) is 0 Å². The molecule has 0 bridgehead atoms. The third kappa shape index (κ3) is 6.94. The molecule has 0 radical (unpaired) electrons. The Labute approximate surface area is 276 Å². The van der Waals surface area contributed by atoms with E-state index in [-0.39, 0.29) is 18.0 Å². The predicted octanol–water partition coefficient (Wildman–Crippen LogP) is 3.14. The fourth-order valence-electron chi connectivity index (χ4n) is 7.76. The zero-order chi connectivity index (χ0) is 32.3. The molecule has 1 unspecified atom stereocenters. The van der Waals surface area contributed by atoms with Gasteiger partial charge in [0.1, 0.15) is 5.65 Å². The summed E-state index contributed by atoms with van der Waals surface area (Å²) in [5.41, 5.74) is 4.79. The standard InChI is InChI=1S/C35H46N8O4/c1-25-22-26(24-42-17-13-37-32(25)42)23-31(33(44)40-20-18-39(19-21-40)28-6-11-36-12-7-28)47-35(46)41-14-9-29(10-15-41)43-16-8-27-4-2-3-5-30(27)38-34(43)45/h2-5,13,17,22,24,28-29,31,36H,6-12,14-16,18-21,23H2,1H3,(H,38,45). The SMILES string of the molecule is Cc1cc(CC(OC(=O)N2CCC(N3CCc4ccccc4NC3=O)CC2)C(=O)N2CCN(C3CCNCC3)CC2)cn2ccnc12. The molecule has 47 heavy (non-hydrogen) atoms. The Morgan fingerprint density at radius 2 is 1.72 bits per heavy atom. The third-order valence-corrected chi connectivity index (χ3v) is 10.4. The largest absolute Gasteiger partial charge is 0.436 e. The van der Waals surface area contributed by atoms with Gasteiger partial charge in [-0.1, -0.05) is 24.3 Å². The lowest BCUT2D eigenvalue weighted by Gasteiger charge is -2.41. The van der Waals surface area contributed by atoms with Crippen LogP contribution >= 0.6 is 0 Å². The molecule has 12 heteroatoms. The lowest BCUT2D eigenvalue weighted by atomic mass is 10.0. The first-order chi connectivity index (χ1) is 22.9. The van der Waals surface area contributed by atoms with Gasteiger partial charge in [0, 0.05) is 88.6 Å². The minimum Gasteiger partial charge on any atom is -0.436 e. The number of fused-ring (bicyclic) bond motifs is 2. The van der Waals surface area contributed by atoms with Crippen LogP contribution in [0, 0.1) is 6.92 Å². The molecular formula is C35H46N8O4. The van der Waals surface area contributed by atoms with Crippen LogP contribution in [0.3, 0.4) is 0 Å². The zero-order valence-corrected chi connectivity index (χ0v) is 27.3. The quantitative estimate of drug-likeness (QED) is 0.425. The van der Waals surface area contributed by atoms with Crippen LogP contribution in [0.15, 0.2) is 48.9 Å². The van der Waals surface area contributed by atoms with Gasteiger partial charge >= 0.3 is 12.1 Å². The molecule has 3 saturated heterocycles. The van der Waals surface area contributed by atoms with E-state index >= 15 is 0 Å². The number of benzene rings is 1. The van der Waals surface area contributed by atoms with Gasteiger partial charge in [0.05, 0.1) is 0 Å². The predicted molar refractivity (Wildman–Crippen MR) is 178 cm³/mol. The first kappa shape index (κ1) is 31.4. The monoisotopic (exact) mass is 642 g/mol. The van der Waals surface area contributed by atoms with E-state index in [9.17, 15) is 14.4 Å². The number of hydrogen-bond acceptors (Lipinski definition) is 7. The number of aromatic nitrogens is 2. The molecule has 1 aromatic carbocycles. The number of nitrogens with zero attached hydrogens (tertiary/aromatic N) is 6. The molecule has 0 aliphatic carbocycles. The van der Waals surface area contributed by atoms with Crippen LogP contribution < -0.4 is 10.6 Å².